The van der Waals surface area contributed by atoms with Crippen LogP contribution in [0.4, 0.5) is 5.69 Å². The molecule has 0 spiro atoms. The van der Waals surface area contributed by atoms with Gasteiger partial charge in [0.2, 0.25) is 0 Å². The van der Waals surface area contributed by atoms with Crippen molar-refractivity contribution in [2.24, 2.45) is 0 Å². The van der Waals surface area contributed by atoms with Gasteiger partial charge in [-0.15, -0.1) is 0 Å². The zero-order chi connectivity index (χ0) is 17.8. The van der Waals surface area contributed by atoms with Gasteiger partial charge in [0.1, 0.15) is 0 Å². The fraction of sp³-hybridized carbons (Fsp3) is 0.111. The summed E-state index contributed by atoms with van der Waals surface area (Å²) in [6.45, 7) is 2.36. The van der Waals surface area contributed by atoms with Crippen molar-refractivity contribution in [3.05, 3.63) is 76.5 Å². The molecule has 1 heterocycles. The molecule has 0 fully saturated rings. The van der Waals surface area contributed by atoms with Gasteiger partial charge in [-0.05, 0) is 19.1 Å². The van der Waals surface area contributed by atoms with E-state index in [1.165, 1.54) is 18.3 Å². The van der Waals surface area contributed by atoms with Crippen LogP contribution in [-0.4, -0.2) is 27.2 Å². The van der Waals surface area contributed by atoms with E-state index in [2.05, 4.69) is 10.4 Å². The van der Waals surface area contributed by atoms with E-state index in [0.717, 1.165) is 5.56 Å². The van der Waals surface area contributed by atoms with Crippen molar-refractivity contribution in [1.82, 2.24) is 15.1 Å². The number of carbonyl (C=O) groups excluding carboxylic acids is 1. The third kappa shape index (κ3) is 3.25. The third-order valence-electron chi connectivity index (χ3n) is 3.70. The van der Waals surface area contributed by atoms with Crippen molar-refractivity contribution in [2.75, 3.05) is 6.54 Å². The smallest absolute Gasteiger partial charge is 0.269 e. The fourth-order valence-corrected chi connectivity index (χ4v) is 2.56. The molecule has 25 heavy (non-hydrogen) atoms. The maximum atomic E-state index is 12.4. The van der Waals surface area contributed by atoms with Gasteiger partial charge in [0.15, 0.2) is 0 Å². The van der Waals surface area contributed by atoms with Crippen molar-refractivity contribution >= 4 is 11.6 Å². The average Bonchev–Trinajstić information content (AvgIpc) is 3.08. The predicted octanol–water partition coefficient (Wildman–Crippen LogP) is 3.20. The molecule has 7 heteroatoms. The second kappa shape index (κ2) is 6.96. The highest BCUT2D eigenvalue weighted by molar-refractivity contribution is 6.00. The Balaban J connectivity index is 2.13. The van der Waals surface area contributed by atoms with Crippen LogP contribution in [-0.2, 0) is 0 Å². The highest BCUT2D eigenvalue weighted by Gasteiger charge is 2.19. The second-order valence-electron chi connectivity index (χ2n) is 5.32. The Morgan fingerprint density at radius 3 is 2.44 bits per heavy atom. The Hall–Kier alpha value is -3.48. The number of aromatic nitrogens is 2. The maximum absolute atomic E-state index is 12.4. The van der Waals surface area contributed by atoms with Crippen LogP contribution in [0.2, 0.25) is 0 Å². The minimum absolute atomic E-state index is 0.00103. The van der Waals surface area contributed by atoms with Crippen LogP contribution in [0, 0.1) is 10.1 Å². The molecule has 0 saturated carbocycles. The van der Waals surface area contributed by atoms with Gasteiger partial charge >= 0.3 is 0 Å². The molecule has 0 aliphatic heterocycles. The van der Waals surface area contributed by atoms with Crippen LogP contribution >= 0.6 is 0 Å². The van der Waals surface area contributed by atoms with E-state index in [1.54, 1.807) is 16.8 Å². The Morgan fingerprint density at radius 2 is 1.84 bits per heavy atom. The molecule has 3 aromatic rings. The third-order valence-corrected chi connectivity index (χ3v) is 3.70. The number of nitro groups is 1. The van der Waals surface area contributed by atoms with Crippen molar-refractivity contribution in [1.29, 1.82) is 0 Å². The molecule has 1 aromatic heterocycles. The van der Waals surface area contributed by atoms with Gasteiger partial charge in [-0.3, -0.25) is 14.9 Å². The molecule has 0 radical (unpaired) electrons. The topological polar surface area (TPSA) is 90.1 Å². The summed E-state index contributed by atoms with van der Waals surface area (Å²) in [4.78, 5) is 22.8. The summed E-state index contributed by atoms with van der Waals surface area (Å²) >= 11 is 0. The van der Waals surface area contributed by atoms with Crippen LogP contribution in [0.25, 0.3) is 16.9 Å². The number of nitrogens with zero attached hydrogens (tertiary/aromatic N) is 3. The van der Waals surface area contributed by atoms with Gasteiger partial charge in [0, 0.05) is 24.2 Å². The van der Waals surface area contributed by atoms with Crippen LogP contribution in [0.1, 0.15) is 17.3 Å². The van der Waals surface area contributed by atoms with Crippen molar-refractivity contribution in [2.45, 2.75) is 6.92 Å². The van der Waals surface area contributed by atoms with Gasteiger partial charge in [0.05, 0.1) is 28.1 Å². The summed E-state index contributed by atoms with van der Waals surface area (Å²) in [6.07, 6.45) is 1.51. The number of non-ortho nitro benzene ring substituents is 1. The highest BCUT2D eigenvalue weighted by Crippen LogP contribution is 2.27. The van der Waals surface area contributed by atoms with Gasteiger partial charge in [-0.1, -0.05) is 30.3 Å². The summed E-state index contributed by atoms with van der Waals surface area (Å²) < 4.78 is 1.61. The normalized spacial score (nSPS) is 10.4. The first-order chi connectivity index (χ1) is 12.1. The molecule has 1 amide bonds. The molecule has 0 aliphatic carbocycles. The molecule has 0 aliphatic rings. The van der Waals surface area contributed by atoms with Crippen LogP contribution < -0.4 is 5.32 Å². The summed E-state index contributed by atoms with van der Waals surface area (Å²) in [7, 11) is 0. The first-order valence-corrected chi connectivity index (χ1v) is 7.78. The first-order valence-electron chi connectivity index (χ1n) is 7.78. The van der Waals surface area contributed by atoms with E-state index < -0.39 is 4.92 Å². The first kappa shape index (κ1) is 16.4. The number of nitro benzene ring substituents is 1. The molecule has 0 saturated heterocycles. The van der Waals surface area contributed by atoms with E-state index in [-0.39, 0.29) is 11.6 Å². The Labute approximate surface area is 144 Å². The van der Waals surface area contributed by atoms with Gasteiger partial charge in [-0.25, -0.2) is 4.68 Å². The van der Waals surface area contributed by atoms with Gasteiger partial charge in [0.25, 0.3) is 11.6 Å². The van der Waals surface area contributed by atoms with Gasteiger partial charge < -0.3 is 5.32 Å². The lowest BCUT2D eigenvalue weighted by atomic mass is 10.1. The van der Waals surface area contributed by atoms with E-state index in [0.29, 0.717) is 23.5 Å². The molecule has 0 atom stereocenters. The lowest BCUT2D eigenvalue weighted by Gasteiger charge is -2.10. The molecule has 2 aromatic carbocycles. The van der Waals surface area contributed by atoms with E-state index in [4.69, 9.17) is 0 Å². The monoisotopic (exact) mass is 336 g/mol. The quantitative estimate of drug-likeness (QED) is 0.572. The molecule has 126 valence electrons. The highest BCUT2D eigenvalue weighted by atomic mass is 16.6. The zero-order valence-corrected chi connectivity index (χ0v) is 13.5. The minimum atomic E-state index is -0.453. The second-order valence-corrected chi connectivity index (χ2v) is 5.32. The van der Waals surface area contributed by atoms with Crippen LogP contribution in [0.3, 0.4) is 0 Å². The maximum Gasteiger partial charge on any atom is 0.269 e. The SMILES string of the molecule is CCNC(=O)c1cnn(-c2ccc([N+](=O)[O-])cc2)c1-c1ccccc1. The predicted molar refractivity (Wildman–Crippen MR) is 93.7 cm³/mol. The lowest BCUT2D eigenvalue weighted by molar-refractivity contribution is -0.384. The molecule has 1 N–H and O–H groups in total. The van der Waals surface area contributed by atoms with E-state index in [1.807, 2.05) is 37.3 Å². The molecule has 0 unspecified atom stereocenters. The minimum Gasteiger partial charge on any atom is -0.352 e. The van der Waals surface area contributed by atoms with Crippen molar-refractivity contribution in [3.63, 3.8) is 0 Å². The molecule has 3 rings (SSSR count). The van der Waals surface area contributed by atoms with Crippen LogP contribution in [0.5, 0.6) is 0 Å². The van der Waals surface area contributed by atoms with E-state index >= 15 is 0 Å². The van der Waals surface area contributed by atoms with E-state index in [9.17, 15) is 14.9 Å². The molecule has 0 bridgehead atoms. The summed E-state index contributed by atoms with van der Waals surface area (Å²) in [5, 5.41) is 17.9. The standard InChI is InChI=1S/C18H16N4O3/c1-2-19-18(23)16-12-20-21(17(16)13-6-4-3-5-7-13)14-8-10-15(11-9-14)22(24)25/h3-12H,2H2,1H3,(H,19,23). The van der Waals surface area contributed by atoms with Crippen molar-refractivity contribution in [3.8, 4) is 16.9 Å². The Morgan fingerprint density at radius 1 is 1.16 bits per heavy atom. The number of hydrogen-bond acceptors (Lipinski definition) is 4. The Bertz CT molecular complexity index is 902. The number of carbonyl (C=O) groups is 1. The number of benzene rings is 2. The summed E-state index contributed by atoms with van der Waals surface area (Å²) in [6, 6.07) is 15.5. The largest absolute Gasteiger partial charge is 0.352 e. The average molecular weight is 336 g/mol. The lowest BCUT2D eigenvalue weighted by Crippen LogP contribution is -2.23. The molecular formula is C18H16N4O3. The van der Waals surface area contributed by atoms with Crippen molar-refractivity contribution < 1.29 is 9.72 Å². The van der Waals surface area contributed by atoms with Gasteiger partial charge in [-0.2, -0.15) is 5.10 Å². The molecular weight excluding hydrogens is 320 g/mol. The number of hydrogen-bond donors (Lipinski definition) is 1. The molecule has 7 nitrogen and oxygen atoms in total. The number of nitrogens with one attached hydrogen (secondary N) is 1. The zero-order valence-electron chi connectivity index (χ0n) is 13.5. The number of amides is 1. The fourth-order valence-electron chi connectivity index (χ4n) is 2.56. The summed E-state index contributed by atoms with van der Waals surface area (Å²) in [5.41, 5.74) is 2.56. The summed E-state index contributed by atoms with van der Waals surface area (Å²) in [5.74, 6) is -0.213. The number of rotatable bonds is 5. The van der Waals surface area contributed by atoms with Crippen LogP contribution in [0.15, 0.2) is 60.8 Å². The Kier molecular flexibility index (Phi) is 4.56.